The molecule has 0 radical (unpaired) electrons. The van der Waals surface area contributed by atoms with Gasteiger partial charge in [0.05, 0.1) is 34.7 Å². The number of aliphatic hydroxyl groups is 1. The lowest BCUT2D eigenvalue weighted by atomic mass is 9.65. The van der Waals surface area contributed by atoms with Gasteiger partial charge in [-0.2, -0.15) is 0 Å². The molecule has 0 saturated carbocycles. The summed E-state index contributed by atoms with van der Waals surface area (Å²) in [5.74, 6) is -1.90. The van der Waals surface area contributed by atoms with Crippen molar-refractivity contribution < 1.29 is 19.5 Å². The van der Waals surface area contributed by atoms with Crippen molar-refractivity contribution in [3.05, 3.63) is 85.5 Å². The summed E-state index contributed by atoms with van der Waals surface area (Å²) in [4.78, 5) is 49.9. The Labute approximate surface area is 286 Å². The maximum atomic E-state index is 15.1. The van der Waals surface area contributed by atoms with Crippen molar-refractivity contribution in [1.29, 1.82) is 0 Å². The number of nitrogens with zero attached hydrogens (tertiary/aromatic N) is 6. The zero-order chi connectivity index (χ0) is 34.2. The number of aromatic nitrogens is 3. The largest absolute Gasteiger partial charge is 0.394 e. The first-order valence-electron chi connectivity index (χ1n) is 16.9. The molecule has 254 valence electrons. The summed E-state index contributed by atoms with van der Waals surface area (Å²) >= 11 is 1.65. The van der Waals surface area contributed by atoms with Crippen molar-refractivity contribution in [3.8, 4) is 0 Å². The molecule has 10 nitrogen and oxygen atoms in total. The Morgan fingerprint density at radius 3 is 2.46 bits per heavy atom. The summed E-state index contributed by atoms with van der Waals surface area (Å²) in [6, 6.07) is 15.9. The number of likely N-dealkylation sites (tertiary alicyclic amines) is 1. The van der Waals surface area contributed by atoms with Crippen LogP contribution in [0.4, 0.5) is 0 Å². The van der Waals surface area contributed by atoms with Crippen molar-refractivity contribution in [2.24, 2.45) is 23.7 Å². The average molecular weight is 671 g/mol. The van der Waals surface area contributed by atoms with Gasteiger partial charge >= 0.3 is 0 Å². The molecule has 4 heterocycles. The maximum Gasteiger partial charge on any atom is 0.248 e. The molecular formula is C37H46N6O4S. The van der Waals surface area contributed by atoms with E-state index in [-0.39, 0.29) is 54.6 Å². The Morgan fingerprint density at radius 1 is 1.08 bits per heavy atom. The molecule has 48 heavy (non-hydrogen) atoms. The maximum absolute atomic E-state index is 15.1. The van der Waals surface area contributed by atoms with E-state index in [1.54, 1.807) is 43.3 Å². The lowest BCUT2D eigenvalue weighted by molar-refractivity contribution is -0.148. The van der Waals surface area contributed by atoms with Crippen LogP contribution in [0.1, 0.15) is 39.2 Å². The summed E-state index contributed by atoms with van der Waals surface area (Å²) in [5, 5.41) is 19.3. The first kappa shape index (κ1) is 33.9. The predicted molar refractivity (Wildman–Crippen MR) is 187 cm³/mol. The van der Waals surface area contributed by atoms with Crippen molar-refractivity contribution in [1.82, 2.24) is 29.7 Å². The highest BCUT2D eigenvalue weighted by Gasteiger charge is 2.77. The zero-order valence-electron chi connectivity index (χ0n) is 28.0. The van der Waals surface area contributed by atoms with Crippen LogP contribution in [0.3, 0.4) is 0 Å². The average Bonchev–Trinajstić information content (AvgIpc) is 3.82. The molecule has 3 aromatic rings. The minimum Gasteiger partial charge on any atom is -0.394 e. The van der Waals surface area contributed by atoms with Gasteiger partial charge in [0.1, 0.15) is 18.2 Å². The SMILES string of the molecule is C=CCN(Cn1nnc2ccccc21)C(=O)C1N([C@@H](CO)[C@@H](C)CC)C(=O)[C@@H]2[C@@H](C(=O)N(CC=C)Cc3ccccc3)[C@H]3CC(C)C12S3. The van der Waals surface area contributed by atoms with Gasteiger partial charge in [0.15, 0.2) is 0 Å². The predicted octanol–water partition coefficient (Wildman–Crippen LogP) is 4.36. The van der Waals surface area contributed by atoms with E-state index < -0.39 is 28.7 Å². The fourth-order valence-electron chi connectivity index (χ4n) is 8.33. The highest BCUT2D eigenvalue weighted by atomic mass is 32.2. The van der Waals surface area contributed by atoms with Crippen LogP contribution in [-0.4, -0.2) is 94.3 Å². The number of benzene rings is 2. The molecule has 8 atom stereocenters. The van der Waals surface area contributed by atoms with E-state index in [0.717, 1.165) is 23.0 Å². The number of carbonyl (C=O) groups is 3. The molecule has 6 rings (SSSR count). The van der Waals surface area contributed by atoms with Gasteiger partial charge in [-0.05, 0) is 36.0 Å². The Kier molecular flexibility index (Phi) is 9.81. The first-order chi connectivity index (χ1) is 23.2. The number of hydrogen-bond acceptors (Lipinski definition) is 7. The smallest absolute Gasteiger partial charge is 0.248 e. The number of carbonyl (C=O) groups excluding carboxylic acids is 3. The molecule has 11 heteroatoms. The van der Waals surface area contributed by atoms with Gasteiger partial charge in [0.25, 0.3) is 0 Å². The van der Waals surface area contributed by atoms with Gasteiger partial charge in [-0.1, -0.05) is 87.0 Å². The summed E-state index contributed by atoms with van der Waals surface area (Å²) < 4.78 is 0.855. The third-order valence-corrected chi connectivity index (χ3v) is 12.9. The Bertz CT molecular complexity index is 1680. The van der Waals surface area contributed by atoms with Crippen molar-refractivity contribution in [3.63, 3.8) is 0 Å². The van der Waals surface area contributed by atoms with Crippen LogP contribution in [-0.2, 0) is 27.6 Å². The van der Waals surface area contributed by atoms with E-state index in [2.05, 4.69) is 30.4 Å². The van der Waals surface area contributed by atoms with Gasteiger partial charge < -0.3 is 19.8 Å². The quantitative estimate of drug-likeness (QED) is 0.254. The zero-order valence-corrected chi connectivity index (χ0v) is 28.8. The fraction of sp³-hybridized carbons (Fsp3) is 0.486. The van der Waals surface area contributed by atoms with Crippen LogP contribution in [0.5, 0.6) is 0 Å². The number of para-hydroxylation sites is 1. The highest BCUT2D eigenvalue weighted by Crippen LogP contribution is 2.69. The summed E-state index contributed by atoms with van der Waals surface area (Å²) in [7, 11) is 0. The van der Waals surface area contributed by atoms with Crippen molar-refractivity contribution in [2.45, 2.75) is 68.9 Å². The normalized spacial score (nSPS) is 27.1. The van der Waals surface area contributed by atoms with Crippen LogP contribution in [0.15, 0.2) is 79.9 Å². The minimum atomic E-state index is -0.874. The van der Waals surface area contributed by atoms with Gasteiger partial charge in [-0.3, -0.25) is 14.4 Å². The third-order valence-electron chi connectivity index (χ3n) is 10.8. The summed E-state index contributed by atoms with van der Waals surface area (Å²) in [6.07, 6.45) is 4.84. The van der Waals surface area contributed by atoms with Crippen LogP contribution < -0.4 is 0 Å². The molecule has 1 aromatic heterocycles. The van der Waals surface area contributed by atoms with E-state index in [0.29, 0.717) is 19.5 Å². The van der Waals surface area contributed by atoms with E-state index in [1.165, 1.54) is 0 Å². The van der Waals surface area contributed by atoms with E-state index in [4.69, 9.17) is 0 Å². The van der Waals surface area contributed by atoms with Crippen LogP contribution in [0.25, 0.3) is 11.0 Å². The molecule has 3 aliphatic rings. The number of fused-ring (bicyclic) bond motifs is 2. The molecule has 2 bridgehead atoms. The van der Waals surface area contributed by atoms with Crippen LogP contribution >= 0.6 is 11.8 Å². The lowest BCUT2D eigenvalue weighted by Gasteiger charge is -2.43. The van der Waals surface area contributed by atoms with Gasteiger partial charge in [0, 0.05) is 24.9 Å². The number of amides is 3. The second kappa shape index (κ2) is 13.9. The molecule has 3 unspecified atom stereocenters. The molecule has 0 aliphatic carbocycles. The lowest BCUT2D eigenvalue weighted by Crippen LogP contribution is -2.60. The minimum absolute atomic E-state index is 0.0134. The number of thioether (sulfide) groups is 1. The molecule has 2 aromatic carbocycles. The first-order valence-corrected chi connectivity index (χ1v) is 17.8. The Morgan fingerprint density at radius 2 is 1.77 bits per heavy atom. The van der Waals surface area contributed by atoms with Gasteiger partial charge in [-0.25, -0.2) is 4.68 Å². The van der Waals surface area contributed by atoms with E-state index >= 15 is 4.79 Å². The van der Waals surface area contributed by atoms with Crippen LogP contribution in [0, 0.1) is 23.7 Å². The summed E-state index contributed by atoms with van der Waals surface area (Å²) in [6.45, 7) is 14.8. The standard InChI is InChI=1S/C37H46N6O4S/c1-6-18-40(21-26-14-10-9-11-15-26)34(45)31-30-20-25(5)37(48-30)32(31)35(46)43(29(22-44)24(4)8-3)33(37)36(47)41(19-7-2)23-42-28-17-13-12-16-27(28)38-39-42/h6-7,9-17,24-25,29-33,44H,1-2,8,18-23H2,3-5H3/t24-,25?,29-,30+,31-,32-,33?,37?/m0/s1. The molecule has 3 aliphatic heterocycles. The molecular weight excluding hydrogens is 625 g/mol. The third kappa shape index (κ3) is 5.54. The molecule has 3 amide bonds. The van der Waals surface area contributed by atoms with Crippen LogP contribution in [0.2, 0.25) is 0 Å². The Hall–Kier alpha value is -3.96. The summed E-state index contributed by atoms with van der Waals surface area (Å²) in [5.41, 5.74) is 2.51. The van der Waals surface area contributed by atoms with E-state index in [1.807, 2.05) is 68.4 Å². The van der Waals surface area contributed by atoms with E-state index in [9.17, 15) is 14.7 Å². The molecule has 3 saturated heterocycles. The second-order valence-corrected chi connectivity index (χ2v) is 15.0. The van der Waals surface area contributed by atoms with Gasteiger partial charge in [0.2, 0.25) is 17.7 Å². The number of aliphatic hydroxyl groups excluding tert-OH is 1. The van der Waals surface area contributed by atoms with Crippen molar-refractivity contribution >= 4 is 40.5 Å². The number of rotatable bonds is 14. The Balaban J connectivity index is 1.42. The molecule has 3 fully saturated rings. The van der Waals surface area contributed by atoms with Crippen molar-refractivity contribution in [2.75, 3.05) is 19.7 Å². The second-order valence-electron chi connectivity index (χ2n) is 13.5. The molecule has 1 N–H and O–H groups in total. The number of hydrogen-bond donors (Lipinski definition) is 1. The highest BCUT2D eigenvalue weighted by molar-refractivity contribution is 8.02. The molecule has 1 spiro atoms. The topological polar surface area (TPSA) is 112 Å². The monoisotopic (exact) mass is 670 g/mol. The fourth-order valence-corrected chi connectivity index (χ4v) is 10.7. The van der Waals surface area contributed by atoms with Gasteiger partial charge in [-0.15, -0.1) is 30.0 Å².